The van der Waals surface area contributed by atoms with Crippen molar-refractivity contribution < 1.29 is 23.5 Å². The lowest BCUT2D eigenvalue weighted by Gasteiger charge is -2.37. The summed E-state index contributed by atoms with van der Waals surface area (Å²) in [5.41, 5.74) is 1.26. The molecule has 0 N–H and O–H groups in total. The number of carbonyl (C=O) groups is 3. The van der Waals surface area contributed by atoms with Crippen LogP contribution in [0.1, 0.15) is 29.5 Å². The number of imide groups is 1. The highest BCUT2D eigenvalue weighted by atomic mass is 16.5. The van der Waals surface area contributed by atoms with Gasteiger partial charge in [-0.1, -0.05) is 24.3 Å². The van der Waals surface area contributed by atoms with Crippen LogP contribution in [0.2, 0.25) is 0 Å². The zero-order valence-corrected chi connectivity index (χ0v) is 17.5. The van der Waals surface area contributed by atoms with Crippen LogP contribution in [-0.2, 0) is 14.3 Å². The van der Waals surface area contributed by atoms with Crippen LogP contribution in [0.15, 0.2) is 58.1 Å². The van der Waals surface area contributed by atoms with Crippen LogP contribution in [0.25, 0.3) is 11.3 Å². The van der Waals surface area contributed by atoms with Crippen LogP contribution in [0.4, 0.5) is 0 Å². The van der Waals surface area contributed by atoms with Crippen molar-refractivity contribution in [1.29, 1.82) is 0 Å². The first-order valence-electron chi connectivity index (χ1n) is 11.0. The molecule has 1 saturated heterocycles. The van der Waals surface area contributed by atoms with Crippen molar-refractivity contribution in [3.63, 3.8) is 0 Å². The van der Waals surface area contributed by atoms with Crippen LogP contribution >= 0.6 is 0 Å². The lowest BCUT2D eigenvalue weighted by Crippen LogP contribution is -2.40. The average molecular weight is 430 g/mol. The molecule has 2 heterocycles. The molecule has 5 aliphatic rings. The third-order valence-corrected chi connectivity index (χ3v) is 7.25. The van der Waals surface area contributed by atoms with Gasteiger partial charge in [0.2, 0.25) is 0 Å². The van der Waals surface area contributed by atoms with Gasteiger partial charge in [-0.25, -0.2) is 4.79 Å². The number of nitrogens with zero attached hydrogens (tertiary/aromatic N) is 2. The summed E-state index contributed by atoms with van der Waals surface area (Å²) in [6, 6.07) is 10.4. The summed E-state index contributed by atoms with van der Waals surface area (Å²) in [5, 5.41) is 5.25. The van der Waals surface area contributed by atoms with Crippen molar-refractivity contribution >= 4 is 24.0 Å². The Hall–Kier alpha value is -3.48. The Balaban J connectivity index is 1.18. The van der Waals surface area contributed by atoms with E-state index >= 15 is 0 Å². The maximum atomic E-state index is 13.0. The van der Waals surface area contributed by atoms with Gasteiger partial charge in [0.25, 0.3) is 11.8 Å². The molecular weight excluding hydrogens is 408 g/mol. The molecule has 1 aromatic carbocycles. The van der Waals surface area contributed by atoms with Crippen molar-refractivity contribution in [2.75, 3.05) is 6.61 Å². The van der Waals surface area contributed by atoms with E-state index in [0.717, 1.165) is 17.0 Å². The smallest absolute Gasteiger partial charge is 0.338 e. The van der Waals surface area contributed by atoms with Gasteiger partial charge >= 0.3 is 5.97 Å². The van der Waals surface area contributed by atoms with E-state index in [1.165, 1.54) is 6.21 Å². The van der Waals surface area contributed by atoms with Gasteiger partial charge in [-0.15, -0.1) is 0 Å². The summed E-state index contributed by atoms with van der Waals surface area (Å²) in [7, 11) is 0. The number of ether oxygens (including phenoxy) is 1. The topological polar surface area (TPSA) is 89.2 Å². The molecule has 6 atom stereocenters. The van der Waals surface area contributed by atoms with Gasteiger partial charge in [0.05, 0.1) is 30.2 Å². The van der Waals surface area contributed by atoms with E-state index < -0.39 is 0 Å². The van der Waals surface area contributed by atoms with Gasteiger partial charge in [0, 0.05) is 5.56 Å². The molecule has 0 unspecified atom stereocenters. The molecule has 2 bridgehead atoms. The molecule has 3 fully saturated rings. The van der Waals surface area contributed by atoms with Gasteiger partial charge in [-0.2, -0.15) is 10.1 Å². The lowest BCUT2D eigenvalue weighted by atomic mass is 9.63. The quantitative estimate of drug-likeness (QED) is 0.313. The third kappa shape index (κ3) is 2.80. The summed E-state index contributed by atoms with van der Waals surface area (Å²) >= 11 is 0. The van der Waals surface area contributed by atoms with Crippen molar-refractivity contribution in [1.82, 2.24) is 5.01 Å². The predicted octanol–water partition coefficient (Wildman–Crippen LogP) is 3.51. The van der Waals surface area contributed by atoms with E-state index in [1.54, 1.807) is 43.3 Å². The zero-order chi connectivity index (χ0) is 22.0. The molecule has 7 heteroatoms. The van der Waals surface area contributed by atoms with E-state index in [1.807, 2.05) is 0 Å². The molecule has 0 spiro atoms. The number of esters is 1. The van der Waals surface area contributed by atoms with Gasteiger partial charge in [-0.05, 0) is 61.3 Å². The molecule has 4 aliphatic carbocycles. The Kier molecular flexibility index (Phi) is 4.22. The molecule has 32 heavy (non-hydrogen) atoms. The van der Waals surface area contributed by atoms with Crippen molar-refractivity contribution in [3.05, 3.63) is 59.9 Å². The molecule has 2 amide bonds. The first kappa shape index (κ1) is 19.2. The number of hydrogen-bond acceptors (Lipinski definition) is 6. The highest BCUT2D eigenvalue weighted by Gasteiger charge is 2.67. The fourth-order valence-corrected chi connectivity index (χ4v) is 5.73. The van der Waals surface area contributed by atoms with Crippen molar-refractivity contribution in [2.24, 2.45) is 40.6 Å². The highest BCUT2D eigenvalue weighted by molar-refractivity contribution is 6.06. The minimum absolute atomic E-state index is 0.180. The number of amides is 2. The number of hydrazone groups is 1. The molecule has 162 valence electrons. The number of allylic oxidation sites excluding steroid dienone is 2. The standard InChI is InChI=1S/C25H22N2O5/c1-2-31-25(30)14-5-3-13(4-6-14)20-10-7-15(32-20)12-26-27-23(28)21-16-8-9-17(19-11-18(16)19)22(21)24(27)29/h3-10,12,16-19,21-22H,2,11H2,1H3/b26-12-/t16-,17-,18-,19-,21-,22+/m0/s1. The van der Waals surface area contributed by atoms with Crippen LogP contribution in [0.3, 0.4) is 0 Å². The Morgan fingerprint density at radius 2 is 1.72 bits per heavy atom. The summed E-state index contributed by atoms with van der Waals surface area (Å²) in [6.07, 6.45) is 6.84. The molecule has 0 radical (unpaired) electrons. The van der Waals surface area contributed by atoms with E-state index in [9.17, 15) is 14.4 Å². The van der Waals surface area contributed by atoms with Crippen LogP contribution in [0, 0.1) is 35.5 Å². The fourth-order valence-electron chi connectivity index (χ4n) is 5.73. The second-order valence-electron chi connectivity index (χ2n) is 8.89. The largest absolute Gasteiger partial charge is 0.462 e. The van der Waals surface area contributed by atoms with Crippen LogP contribution in [0.5, 0.6) is 0 Å². The first-order valence-corrected chi connectivity index (χ1v) is 11.0. The Morgan fingerprint density at radius 1 is 1.06 bits per heavy atom. The maximum Gasteiger partial charge on any atom is 0.338 e. The van der Waals surface area contributed by atoms with E-state index in [4.69, 9.17) is 9.15 Å². The molecule has 2 saturated carbocycles. The van der Waals surface area contributed by atoms with Gasteiger partial charge in [0.1, 0.15) is 11.5 Å². The van der Waals surface area contributed by atoms with E-state index in [2.05, 4.69) is 17.3 Å². The summed E-state index contributed by atoms with van der Waals surface area (Å²) < 4.78 is 10.8. The molecule has 1 aromatic heterocycles. The van der Waals surface area contributed by atoms with Crippen molar-refractivity contribution in [3.8, 4) is 11.3 Å². The van der Waals surface area contributed by atoms with Gasteiger partial charge in [-0.3, -0.25) is 9.59 Å². The first-order chi connectivity index (χ1) is 15.6. The normalized spacial score (nSPS) is 31.8. The highest BCUT2D eigenvalue weighted by Crippen LogP contribution is 2.65. The number of benzene rings is 1. The molecular formula is C25H22N2O5. The second kappa shape index (κ2) is 7.02. The van der Waals surface area contributed by atoms with Gasteiger partial charge < -0.3 is 9.15 Å². The summed E-state index contributed by atoms with van der Waals surface area (Å²) in [4.78, 5) is 37.7. The van der Waals surface area contributed by atoms with Crippen LogP contribution < -0.4 is 0 Å². The number of carbonyl (C=O) groups excluding carboxylic acids is 3. The lowest BCUT2D eigenvalue weighted by molar-refractivity contribution is -0.140. The maximum absolute atomic E-state index is 13.0. The van der Waals surface area contributed by atoms with E-state index in [0.29, 0.717) is 35.5 Å². The molecule has 7 nitrogen and oxygen atoms in total. The number of hydrogen-bond donors (Lipinski definition) is 0. The number of rotatable bonds is 5. The minimum atomic E-state index is -0.368. The average Bonchev–Trinajstić information content (AvgIpc) is 3.45. The Labute approximate surface area is 184 Å². The Morgan fingerprint density at radius 3 is 2.34 bits per heavy atom. The zero-order valence-electron chi connectivity index (χ0n) is 17.5. The van der Waals surface area contributed by atoms with E-state index in [-0.39, 0.29) is 41.5 Å². The summed E-state index contributed by atoms with van der Waals surface area (Å²) in [5.74, 6) is 1.25. The molecule has 2 aromatic rings. The predicted molar refractivity (Wildman–Crippen MR) is 114 cm³/mol. The molecule has 1 aliphatic heterocycles. The fraction of sp³-hybridized carbons (Fsp3) is 0.360. The second-order valence-corrected chi connectivity index (χ2v) is 8.89. The van der Waals surface area contributed by atoms with Crippen molar-refractivity contribution in [2.45, 2.75) is 13.3 Å². The van der Waals surface area contributed by atoms with Crippen LogP contribution in [-0.4, -0.2) is 35.6 Å². The summed E-state index contributed by atoms with van der Waals surface area (Å²) in [6.45, 7) is 2.09. The molecule has 7 rings (SSSR count). The SMILES string of the molecule is CCOC(=O)c1ccc(-c2ccc(/C=N\N3C(=O)[C@@H]4[C@H]5C=C[C@@H]([C@@H]6C[C@@H]56)[C@@H]4C3=O)o2)cc1. The Bertz CT molecular complexity index is 1140. The monoisotopic (exact) mass is 430 g/mol. The number of furan rings is 1. The van der Waals surface area contributed by atoms with Gasteiger partial charge in [0.15, 0.2) is 0 Å². The minimum Gasteiger partial charge on any atom is -0.462 e. The third-order valence-electron chi connectivity index (χ3n) is 7.25.